The van der Waals surface area contributed by atoms with Gasteiger partial charge in [0.25, 0.3) is 0 Å². The van der Waals surface area contributed by atoms with E-state index in [1.807, 2.05) is 49.4 Å². The standard InChI is InChI=1S/C17H14O3/c1-11-7-8-16-14(9-11)13(10-17(18)20-16)12-5-3-4-6-15(12)19-2/h3-10H,1-2H3. The van der Waals surface area contributed by atoms with Gasteiger partial charge in [0.1, 0.15) is 11.3 Å². The molecule has 0 aliphatic carbocycles. The van der Waals surface area contributed by atoms with Gasteiger partial charge in [0.05, 0.1) is 7.11 Å². The molecule has 0 amide bonds. The van der Waals surface area contributed by atoms with E-state index in [2.05, 4.69) is 0 Å². The summed E-state index contributed by atoms with van der Waals surface area (Å²) in [6, 6.07) is 14.9. The maximum absolute atomic E-state index is 11.8. The number of para-hydroxylation sites is 1. The molecule has 3 rings (SSSR count). The number of fused-ring (bicyclic) bond motifs is 1. The molecule has 0 atom stereocenters. The maximum Gasteiger partial charge on any atom is 0.336 e. The maximum atomic E-state index is 11.8. The summed E-state index contributed by atoms with van der Waals surface area (Å²) in [5.74, 6) is 0.737. The Morgan fingerprint density at radius 2 is 1.80 bits per heavy atom. The molecule has 0 bridgehead atoms. The number of aryl methyl sites for hydroxylation is 1. The van der Waals surface area contributed by atoms with Crippen molar-refractivity contribution in [2.75, 3.05) is 7.11 Å². The lowest BCUT2D eigenvalue weighted by Gasteiger charge is -2.10. The molecule has 0 spiro atoms. The fourth-order valence-corrected chi connectivity index (χ4v) is 2.37. The molecule has 3 nitrogen and oxygen atoms in total. The highest BCUT2D eigenvalue weighted by Crippen LogP contribution is 2.34. The molecule has 0 radical (unpaired) electrons. The third-order valence-electron chi connectivity index (χ3n) is 3.30. The Morgan fingerprint density at radius 1 is 1.00 bits per heavy atom. The van der Waals surface area contributed by atoms with Gasteiger partial charge in [-0.05, 0) is 25.1 Å². The zero-order chi connectivity index (χ0) is 14.1. The lowest BCUT2D eigenvalue weighted by Crippen LogP contribution is -1.99. The lowest BCUT2D eigenvalue weighted by atomic mass is 10.00. The van der Waals surface area contributed by atoms with Crippen molar-refractivity contribution in [2.45, 2.75) is 6.92 Å². The molecule has 1 aromatic heterocycles. The van der Waals surface area contributed by atoms with Gasteiger partial charge in [-0.25, -0.2) is 4.79 Å². The van der Waals surface area contributed by atoms with E-state index in [0.29, 0.717) is 5.58 Å². The quantitative estimate of drug-likeness (QED) is 0.663. The minimum atomic E-state index is -0.359. The van der Waals surface area contributed by atoms with Crippen molar-refractivity contribution in [2.24, 2.45) is 0 Å². The van der Waals surface area contributed by atoms with E-state index < -0.39 is 0 Å². The molecule has 0 saturated carbocycles. The van der Waals surface area contributed by atoms with Crippen molar-refractivity contribution in [3.05, 3.63) is 64.5 Å². The first-order chi connectivity index (χ1) is 9.69. The highest BCUT2D eigenvalue weighted by Gasteiger charge is 2.11. The van der Waals surface area contributed by atoms with Crippen LogP contribution in [0.2, 0.25) is 0 Å². The first-order valence-electron chi connectivity index (χ1n) is 6.37. The Morgan fingerprint density at radius 3 is 2.60 bits per heavy atom. The van der Waals surface area contributed by atoms with Gasteiger partial charge in [-0.1, -0.05) is 29.8 Å². The number of hydrogen-bond acceptors (Lipinski definition) is 3. The summed E-state index contributed by atoms with van der Waals surface area (Å²) in [6.45, 7) is 2.01. The molecule has 0 aliphatic rings. The molecular weight excluding hydrogens is 252 g/mol. The van der Waals surface area contributed by atoms with Crippen LogP contribution in [0.1, 0.15) is 5.56 Å². The van der Waals surface area contributed by atoms with E-state index in [1.165, 1.54) is 6.07 Å². The van der Waals surface area contributed by atoms with Gasteiger partial charge in [-0.15, -0.1) is 0 Å². The smallest absolute Gasteiger partial charge is 0.336 e. The summed E-state index contributed by atoms with van der Waals surface area (Å²) in [7, 11) is 1.62. The Kier molecular flexibility index (Phi) is 3.03. The second-order valence-electron chi connectivity index (χ2n) is 4.68. The van der Waals surface area contributed by atoms with E-state index >= 15 is 0 Å². The summed E-state index contributed by atoms with van der Waals surface area (Å²) < 4.78 is 10.6. The predicted octanol–water partition coefficient (Wildman–Crippen LogP) is 3.78. The van der Waals surface area contributed by atoms with Crippen molar-refractivity contribution in [1.29, 1.82) is 0 Å². The molecule has 0 aliphatic heterocycles. The van der Waals surface area contributed by atoms with Crippen LogP contribution < -0.4 is 10.4 Å². The molecule has 0 N–H and O–H groups in total. The van der Waals surface area contributed by atoms with E-state index in [4.69, 9.17) is 9.15 Å². The van der Waals surface area contributed by atoms with Crippen molar-refractivity contribution in [1.82, 2.24) is 0 Å². The topological polar surface area (TPSA) is 39.4 Å². The van der Waals surface area contributed by atoms with E-state index in [0.717, 1.165) is 27.8 Å². The normalized spacial score (nSPS) is 10.7. The molecule has 20 heavy (non-hydrogen) atoms. The largest absolute Gasteiger partial charge is 0.496 e. The third kappa shape index (κ3) is 2.07. The van der Waals surface area contributed by atoms with Crippen LogP contribution in [-0.4, -0.2) is 7.11 Å². The number of ether oxygens (including phenoxy) is 1. The Labute approximate surface area is 116 Å². The monoisotopic (exact) mass is 266 g/mol. The predicted molar refractivity (Wildman–Crippen MR) is 79.2 cm³/mol. The minimum absolute atomic E-state index is 0.359. The van der Waals surface area contributed by atoms with Crippen LogP contribution in [-0.2, 0) is 0 Å². The zero-order valence-electron chi connectivity index (χ0n) is 11.3. The van der Waals surface area contributed by atoms with Crippen molar-refractivity contribution < 1.29 is 9.15 Å². The van der Waals surface area contributed by atoms with Gasteiger partial charge >= 0.3 is 5.63 Å². The second-order valence-corrected chi connectivity index (χ2v) is 4.68. The summed E-state index contributed by atoms with van der Waals surface area (Å²) >= 11 is 0. The number of hydrogen-bond donors (Lipinski definition) is 0. The molecule has 3 aromatic rings. The summed E-state index contributed by atoms with van der Waals surface area (Å²) in [5.41, 5.74) is 3.06. The molecule has 0 saturated heterocycles. The van der Waals surface area contributed by atoms with Gasteiger partial charge in [0.15, 0.2) is 0 Å². The molecule has 3 heteroatoms. The van der Waals surface area contributed by atoms with E-state index in [-0.39, 0.29) is 5.63 Å². The molecular formula is C17H14O3. The van der Waals surface area contributed by atoms with Gasteiger partial charge < -0.3 is 9.15 Å². The Hall–Kier alpha value is -2.55. The van der Waals surface area contributed by atoms with Crippen LogP contribution in [0.4, 0.5) is 0 Å². The molecule has 2 aromatic carbocycles. The van der Waals surface area contributed by atoms with Gasteiger partial charge in [0.2, 0.25) is 0 Å². The van der Waals surface area contributed by atoms with Gasteiger partial charge in [-0.3, -0.25) is 0 Å². The molecule has 0 fully saturated rings. The SMILES string of the molecule is COc1ccccc1-c1cc(=O)oc2ccc(C)cc12. The van der Waals surface area contributed by atoms with Crippen LogP contribution >= 0.6 is 0 Å². The summed E-state index contributed by atoms with van der Waals surface area (Å²) in [6.07, 6.45) is 0. The van der Waals surface area contributed by atoms with Gasteiger partial charge in [-0.2, -0.15) is 0 Å². The Balaban J connectivity index is 2.40. The van der Waals surface area contributed by atoms with Crippen molar-refractivity contribution >= 4 is 11.0 Å². The second kappa shape index (κ2) is 4.85. The first kappa shape index (κ1) is 12.5. The zero-order valence-corrected chi connectivity index (χ0v) is 11.3. The van der Waals surface area contributed by atoms with Gasteiger partial charge in [0, 0.05) is 22.6 Å². The van der Waals surface area contributed by atoms with Crippen molar-refractivity contribution in [3.8, 4) is 16.9 Å². The molecule has 100 valence electrons. The Bertz CT molecular complexity index is 831. The van der Waals surface area contributed by atoms with Crippen LogP contribution in [0.3, 0.4) is 0 Å². The number of benzene rings is 2. The molecule has 0 unspecified atom stereocenters. The van der Waals surface area contributed by atoms with Crippen LogP contribution in [0, 0.1) is 6.92 Å². The van der Waals surface area contributed by atoms with Crippen molar-refractivity contribution in [3.63, 3.8) is 0 Å². The highest BCUT2D eigenvalue weighted by atomic mass is 16.5. The van der Waals surface area contributed by atoms with Crippen LogP contribution in [0.25, 0.3) is 22.1 Å². The minimum Gasteiger partial charge on any atom is -0.496 e. The fourth-order valence-electron chi connectivity index (χ4n) is 2.37. The van der Waals surface area contributed by atoms with Crippen LogP contribution in [0.5, 0.6) is 5.75 Å². The fraction of sp³-hybridized carbons (Fsp3) is 0.118. The van der Waals surface area contributed by atoms with E-state index in [1.54, 1.807) is 7.11 Å². The number of methoxy groups -OCH3 is 1. The summed E-state index contributed by atoms with van der Waals surface area (Å²) in [5, 5.41) is 0.911. The lowest BCUT2D eigenvalue weighted by molar-refractivity contribution is 0.416. The number of rotatable bonds is 2. The highest BCUT2D eigenvalue weighted by molar-refractivity contribution is 5.95. The average molecular weight is 266 g/mol. The average Bonchev–Trinajstić information content (AvgIpc) is 2.47. The summed E-state index contributed by atoms with van der Waals surface area (Å²) in [4.78, 5) is 11.8. The molecule has 1 heterocycles. The van der Waals surface area contributed by atoms with E-state index in [9.17, 15) is 4.79 Å². The third-order valence-corrected chi connectivity index (χ3v) is 3.30. The first-order valence-corrected chi connectivity index (χ1v) is 6.37. The van der Waals surface area contributed by atoms with Crippen LogP contribution in [0.15, 0.2) is 57.7 Å².